The molecule has 0 radical (unpaired) electrons. The van der Waals surface area contributed by atoms with Crippen molar-refractivity contribution in [2.75, 3.05) is 18.9 Å². The minimum atomic E-state index is 0.305. The number of nitrogen functional groups attached to an aromatic ring is 1. The fraction of sp³-hybridized carbons (Fsp3) is 0.188. The monoisotopic (exact) mass is 311 g/mol. The number of benzene rings is 1. The van der Waals surface area contributed by atoms with Gasteiger partial charge in [-0.1, -0.05) is 18.2 Å². The second-order valence-corrected chi connectivity index (χ2v) is 4.85. The smallest absolute Gasteiger partial charge is 0.234 e. The predicted molar refractivity (Wildman–Crippen MR) is 86.1 cm³/mol. The van der Waals surface area contributed by atoms with E-state index >= 15 is 0 Å². The average Bonchev–Trinajstić information content (AvgIpc) is 2.99. The summed E-state index contributed by atoms with van der Waals surface area (Å²) in [6, 6.07) is 9.55. The van der Waals surface area contributed by atoms with Crippen molar-refractivity contribution in [1.29, 1.82) is 0 Å². The molecule has 0 aliphatic carbocycles. The molecule has 0 fully saturated rings. The van der Waals surface area contributed by atoms with Crippen molar-refractivity contribution in [3.05, 3.63) is 48.9 Å². The first-order valence-electron chi connectivity index (χ1n) is 7.14. The zero-order valence-electron chi connectivity index (χ0n) is 12.7. The second kappa shape index (κ2) is 6.78. The Hall–Kier alpha value is -3.09. The Kier molecular flexibility index (Phi) is 4.37. The van der Waals surface area contributed by atoms with Crippen LogP contribution in [0.5, 0.6) is 11.6 Å². The van der Waals surface area contributed by atoms with E-state index in [1.54, 1.807) is 17.1 Å². The van der Waals surface area contributed by atoms with E-state index in [1.807, 2.05) is 43.6 Å². The number of anilines is 1. The SMILES string of the molecule is Cn1cc(-c2ncc(OCCOc3ccccc3)nc2N)cn1. The summed E-state index contributed by atoms with van der Waals surface area (Å²) in [5, 5.41) is 4.09. The van der Waals surface area contributed by atoms with Crippen LogP contribution in [0.25, 0.3) is 11.3 Å². The number of hydrogen-bond donors (Lipinski definition) is 1. The number of nitrogens with two attached hydrogens (primary N) is 1. The Labute approximate surface area is 133 Å². The van der Waals surface area contributed by atoms with Crippen LogP contribution < -0.4 is 15.2 Å². The lowest BCUT2D eigenvalue weighted by molar-refractivity contribution is 0.211. The maximum Gasteiger partial charge on any atom is 0.234 e. The van der Waals surface area contributed by atoms with Gasteiger partial charge in [-0.05, 0) is 12.1 Å². The van der Waals surface area contributed by atoms with Gasteiger partial charge in [0, 0.05) is 18.8 Å². The maximum absolute atomic E-state index is 5.94. The quantitative estimate of drug-likeness (QED) is 0.700. The second-order valence-electron chi connectivity index (χ2n) is 4.85. The summed E-state index contributed by atoms with van der Waals surface area (Å²) >= 11 is 0. The fourth-order valence-corrected chi connectivity index (χ4v) is 2.04. The highest BCUT2D eigenvalue weighted by Gasteiger charge is 2.09. The molecule has 0 saturated carbocycles. The van der Waals surface area contributed by atoms with Crippen LogP contribution in [0.15, 0.2) is 48.9 Å². The minimum absolute atomic E-state index is 0.305. The van der Waals surface area contributed by atoms with Crippen LogP contribution in [0.4, 0.5) is 5.82 Å². The van der Waals surface area contributed by atoms with Gasteiger partial charge in [0.15, 0.2) is 5.82 Å². The topological polar surface area (TPSA) is 88.1 Å². The molecule has 3 rings (SSSR count). The van der Waals surface area contributed by atoms with Gasteiger partial charge in [-0.3, -0.25) is 4.68 Å². The van der Waals surface area contributed by atoms with Crippen molar-refractivity contribution in [3.63, 3.8) is 0 Å². The summed E-state index contributed by atoms with van der Waals surface area (Å²) in [6.07, 6.45) is 5.06. The molecule has 2 aromatic heterocycles. The molecule has 0 aliphatic rings. The molecular weight excluding hydrogens is 294 g/mol. The third-order valence-corrected chi connectivity index (χ3v) is 3.10. The molecule has 23 heavy (non-hydrogen) atoms. The molecule has 2 N–H and O–H groups in total. The minimum Gasteiger partial charge on any atom is -0.490 e. The van der Waals surface area contributed by atoms with Gasteiger partial charge in [0.05, 0.1) is 12.4 Å². The van der Waals surface area contributed by atoms with Gasteiger partial charge in [0.25, 0.3) is 0 Å². The van der Waals surface area contributed by atoms with E-state index in [2.05, 4.69) is 15.1 Å². The Bertz CT molecular complexity index is 773. The molecule has 3 aromatic rings. The zero-order valence-corrected chi connectivity index (χ0v) is 12.7. The predicted octanol–water partition coefficient (Wildman–Crippen LogP) is 1.92. The Balaban J connectivity index is 1.56. The van der Waals surface area contributed by atoms with Gasteiger partial charge in [0.1, 0.15) is 24.7 Å². The number of nitrogens with zero attached hydrogens (tertiary/aromatic N) is 4. The Morgan fingerprint density at radius 1 is 1.09 bits per heavy atom. The van der Waals surface area contributed by atoms with Crippen molar-refractivity contribution < 1.29 is 9.47 Å². The largest absolute Gasteiger partial charge is 0.490 e. The Morgan fingerprint density at radius 2 is 1.87 bits per heavy atom. The third kappa shape index (κ3) is 3.76. The molecule has 0 aliphatic heterocycles. The van der Waals surface area contributed by atoms with Crippen molar-refractivity contribution >= 4 is 5.82 Å². The fourth-order valence-electron chi connectivity index (χ4n) is 2.04. The lowest BCUT2D eigenvalue weighted by Crippen LogP contribution is -2.10. The van der Waals surface area contributed by atoms with Crippen LogP contribution in [-0.2, 0) is 7.05 Å². The summed E-state index contributed by atoms with van der Waals surface area (Å²) in [5.74, 6) is 1.47. The normalized spacial score (nSPS) is 10.5. The number of aryl methyl sites for hydroxylation is 1. The Morgan fingerprint density at radius 3 is 2.57 bits per heavy atom. The number of hydrogen-bond acceptors (Lipinski definition) is 6. The van der Waals surface area contributed by atoms with Crippen LogP contribution in [0, 0.1) is 0 Å². The lowest BCUT2D eigenvalue weighted by Gasteiger charge is -2.08. The molecule has 0 amide bonds. The standard InChI is InChI=1S/C16H17N5O2/c1-21-11-12(9-19-21)15-16(17)20-14(10-18-15)23-8-7-22-13-5-3-2-4-6-13/h2-6,9-11H,7-8H2,1H3,(H2,17,20). The molecule has 0 spiro atoms. The van der Waals surface area contributed by atoms with E-state index in [0.29, 0.717) is 30.6 Å². The van der Waals surface area contributed by atoms with Gasteiger partial charge in [-0.25, -0.2) is 4.98 Å². The molecule has 0 unspecified atom stereocenters. The highest BCUT2D eigenvalue weighted by molar-refractivity contribution is 5.68. The van der Waals surface area contributed by atoms with E-state index in [4.69, 9.17) is 15.2 Å². The first-order chi connectivity index (χ1) is 11.2. The number of ether oxygens (including phenoxy) is 2. The molecule has 7 nitrogen and oxygen atoms in total. The van der Waals surface area contributed by atoms with Crippen LogP contribution in [-0.4, -0.2) is 33.0 Å². The van der Waals surface area contributed by atoms with Crippen molar-refractivity contribution in [2.24, 2.45) is 7.05 Å². The lowest BCUT2D eigenvalue weighted by atomic mass is 10.2. The van der Waals surface area contributed by atoms with Crippen molar-refractivity contribution in [3.8, 4) is 22.9 Å². The molecule has 7 heteroatoms. The molecule has 0 bridgehead atoms. The van der Waals surface area contributed by atoms with Gasteiger partial charge in [-0.2, -0.15) is 10.1 Å². The highest BCUT2D eigenvalue weighted by Crippen LogP contribution is 2.22. The van der Waals surface area contributed by atoms with E-state index in [9.17, 15) is 0 Å². The summed E-state index contributed by atoms with van der Waals surface area (Å²) in [5.41, 5.74) is 7.34. The van der Waals surface area contributed by atoms with E-state index in [-0.39, 0.29) is 0 Å². The van der Waals surface area contributed by atoms with Crippen LogP contribution in [0.2, 0.25) is 0 Å². The van der Waals surface area contributed by atoms with E-state index in [0.717, 1.165) is 11.3 Å². The first kappa shape index (κ1) is 14.8. The van der Waals surface area contributed by atoms with E-state index in [1.165, 1.54) is 0 Å². The number of rotatable bonds is 6. The molecule has 0 saturated heterocycles. The number of aromatic nitrogens is 4. The third-order valence-electron chi connectivity index (χ3n) is 3.10. The molecule has 2 heterocycles. The van der Waals surface area contributed by atoms with Gasteiger partial charge in [-0.15, -0.1) is 0 Å². The van der Waals surface area contributed by atoms with Gasteiger partial charge in [0.2, 0.25) is 5.88 Å². The number of para-hydroxylation sites is 1. The molecule has 0 atom stereocenters. The molecule has 118 valence electrons. The zero-order chi connectivity index (χ0) is 16.1. The van der Waals surface area contributed by atoms with Crippen LogP contribution >= 0.6 is 0 Å². The maximum atomic E-state index is 5.94. The van der Waals surface area contributed by atoms with Crippen molar-refractivity contribution in [1.82, 2.24) is 19.7 Å². The summed E-state index contributed by atoms with van der Waals surface area (Å²) in [7, 11) is 1.83. The van der Waals surface area contributed by atoms with Crippen molar-refractivity contribution in [2.45, 2.75) is 0 Å². The first-order valence-corrected chi connectivity index (χ1v) is 7.14. The highest BCUT2D eigenvalue weighted by atomic mass is 16.5. The average molecular weight is 311 g/mol. The van der Waals surface area contributed by atoms with Crippen LogP contribution in [0.3, 0.4) is 0 Å². The molecular formula is C16H17N5O2. The summed E-state index contributed by atoms with van der Waals surface area (Å²) < 4.78 is 12.7. The molecule has 1 aromatic carbocycles. The summed E-state index contributed by atoms with van der Waals surface area (Å²) in [6.45, 7) is 0.769. The van der Waals surface area contributed by atoms with E-state index < -0.39 is 0 Å². The summed E-state index contributed by atoms with van der Waals surface area (Å²) in [4.78, 5) is 8.50. The van der Waals surface area contributed by atoms with Gasteiger partial charge < -0.3 is 15.2 Å². The van der Waals surface area contributed by atoms with Crippen LogP contribution in [0.1, 0.15) is 0 Å². The van der Waals surface area contributed by atoms with Gasteiger partial charge >= 0.3 is 0 Å².